The van der Waals surface area contributed by atoms with Gasteiger partial charge in [-0.3, -0.25) is 0 Å². The Bertz CT molecular complexity index is 617. The molecule has 2 rings (SSSR count). The van der Waals surface area contributed by atoms with E-state index in [1.807, 2.05) is 11.0 Å². The minimum absolute atomic E-state index is 0.125. The van der Waals surface area contributed by atoms with Gasteiger partial charge in [-0.05, 0) is 17.7 Å². The average molecular weight is 278 g/mol. The molecular formula is C15H16F2N2O. The van der Waals surface area contributed by atoms with Gasteiger partial charge in [0.2, 0.25) is 0 Å². The topological polar surface area (TPSA) is 38.5 Å². The minimum atomic E-state index is -0.507. The van der Waals surface area contributed by atoms with E-state index in [1.165, 1.54) is 31.4 Å². The molecule has 0 unspecified atom stereocenters. The lowest BCUT2D eigenvalue weighted by Gasteiger charge is -2.22. The van der Waals surface area contributed by atoms with Crippen molar-refractivity contribution in [2.75, 3.05) is 24.8 Å². The summed E-state index contributed by atoms with van der Waals surface area (Å²) in [6, 6.07) is 9.05. The van der Waals surface area contributed by atoms with Crippen molar-refractivity contribution >= 4 is 11.4 Å². The molecule has 0 aliphatic rings. The maximum absolute atomic E-state index is 13.5. The second-order valence-electron chi connectivity index (χ2n) is 4.53. The molecule has 2 aromatic carbocycles. The summed E-state index contributed by atoms with van der Waals surface area (Å²) in [4.78, 5) is 1.81. The van der Waals surface area contributed by atoms with Crippen molar-refractivity contribution < 1.29 is 13.5 Å². The molecule has 0 radical (unpaired) electrons. The standard InChI is InChI=1S/C15H16F2N2O/c1-19(9-10-4-3-5-11(16)6-10)14-8-15(20-2)12(17)7-13(14)18/h3-8H,9,18H2,1-2H3. The first-order valence-corrected chi connectivity index (χ1v) is 6.10. The van der Waals surface area contributed by atoms with Gasteiger partial charge in [-0.25, -0.2) is 8.78 Å². The fraction of sp³-hybridized carbons (Fsp3) is 0.200. The maximum atomic E-state index is 13.5. The largest absolute Gasteiger partial charge is 0.494 e. The Labute approximate surface area is 116 Å². The molecular weight excluding hydrogens is 262 g/mol. The van der Waals surface area contributed by atoms with Crippen LogP contribution in [-0.2, 0) is 6.54 Å². The van der Waals surface area contributed by atoms with Crippen LogP contribution in [0.25, 0.3) is 0 Å². The average Bonchev–Trinajstić information content (AvgIpc) is 2.38. The second kappa shape index (κ2) is 5.77. The number of nitrogens with zero attached hydrogens (tertiary/aromatic N) is 1. The van der Waals surface area contributed by atoms with Gasteiger partial charge in [0.15, 0.2) is 11.6 Å². The van der Waals surface area contributed by atoms with Gasteiger partial charge in [-0.2, -0.15) is 0 Å². The molecule has 0 spiro atoms. The van der Waals surface area contributed by atoms with Crippen LogP contribution >= 0.6 is 0 Å². The van der Waals surface area contributed by atoms with Crippen LogP contribution in [0, 0.1) is 11.6 Å². The van der Waals surface area contributed by atoms with Crippen molar-refractivity contribution in [1.29, 1.82) is 0 Å². The van der Waals surface area contributed by atoms with E-state index in [0.717, 1.165) is 5.56 Å². The Morgan fingerprint density at radius 1 is 1.20 bits per heavy atom. The molecule has 5 heteroatoms. The first-order valence-electron chi connectivity index (χ1n) is 6.10. The second-order valence-corrected chi connectivity index (χ2v) is 4.53. The summed E-state index contributed by atoms with van der Waals surface area (Å²) in [5, 5.41) is 0. The normalized spacial score (nSPS) is 10.4. The van der Waals surface area contributed by atoms with Crippen LogP contribution in [-0.4, -0.2) is 14.2 Å². The Hall–Kier alpha value is -2.30. The highest BCUT2D eigenvalue weighted by Gasteiger charge is 2.12. The predicted octanol–water partition coefficient (Wildman–Crippen LogP) is 3.19. The van der Waals surface area contributed by atoms with Crippen LogP contribution in [0.1, 0.15) is 5.56 Å². The number of nitrogens with two attached hydrogens (primary N) is 1. The molecule has 0 saturated carbocycles. The smallest absolute Gasteiger partial charge is 0.167 e. The fourth-order valence-corrected chi connectivity index (χ4v) is 2.04. The molecule has 3 nitrogen and oxygen atoms in total. The van der Waals surface area contributed by atoms with Crippen LogP contribution in [0.3, 0.4) is 0 Å². The third-order valence-corrected chi connectivity index (χ3v) is 3.02. The van der Waals surface area contributed by atoms with Gasteiger partial charge in [0.05, 0.1) is 18.5 Å². The third-order valence-electron chi connectivity index (χ3n) is 3.02. The molecule has 0 aromatic heterocycles. The van der Waals surface area contributed by atoms with Crippen molar-refractivity contribution in [3.05, 3.63) is 53.6 Å². The van der Waals surface area contributed by atoms with Crippen molar-refractivity contribution in [3.8, 4) is 5.75 Å². The number of benzene rings is 2. The maximum Gasteiger partial charge on any atom is 0.167 e. The van der Waals surface area contributed by atoms with E-state index in [4.69, 9.17) is 10.5 Å². The van der Waals surface area contributed by atoms with E-state index in [9.17, 15) is 8.78 Å². The molecule has 106 valence electrons. The van der Waals surface area contributed by atoms with E-state index in [2.05, 4.69) is 0 Å². The quantitative estimate of drug-likeness (QED) is 0.873. The van der Waals surface area contributed by atoms with Gasteiger partial charge < -0.3 is 15.4 Å². The van der Waals surface area contributed by atoms with E-state index in [-0.39, 0.29) is 11.6 Å². The van der Waals surface area contributed by atoms with Crippen molar-refractivity contribution in [2.45, 2.75) is 6.54 Å². The number of ether oxygens (including phenoxy) is 1. The van der Waals surface area contributed by atoms with Crippen LogP contribution in [0.2, 0.25) is 0 Å². The molecule has 0 fully saturated rings. The summed E-state index contributed by atoms with van der Waals surface area (Å²) in [5.41, 5.74) is 7.56. The van der Waals surface area contributed by atoms with Gasteiger partial charge in [0.1, 0.15) is 5.82 Å². The number of rotatable bonds is 4. The highest BCUT2D eigenvalue weighted by molar-refractivity contribution is 5.69. The van der Waals surface area contributed by atoms with Crippen LogP contribution in [0.15, 0.2) is 36.4 Å². The zero-order chi connectivity index (χ0) is 14.7. The van der Waals surface area contributed by atoms with Gasteiger partial charge in [0, 0.05) is 25.7 Å². The highest BCUT2D eigenvalue weighted by Crippen LogP contribution is 2.31. The Morgan fingerprint density at radius 3 is 2.60 bits per heavy atom. The molecule has 0 aliphatic heterocycles. The van der Waals surface area contributed by atoms with Gasteiger partial charge in [-0.1, -0.05) is 12.1 Å². The Morgan fingerprint density at radius 2 is 1.95 bits per heavy atom. The number of hydrogen-bond acceptors (Lipinski definition) is 3. The summed E-state index contributed by atoms with van der Waals surface area (Å²) in [6.45, 7) is 0.455. The monoisotopic (exact) mass is 278 g/mol. The number of methoxy groups -OCH3 is 1. The SMILES string of the molecule is COc1cc(N(C)Cc2cccc(F)c2)c(N)cc1F. The lowest BCUT2D eigenvalue weighted by molar-refractivity contribution is 0.387. The molecule has 0 saturated heterocycles. The molecule has 2 aromatic rings. The summed E-state index contributed by atoms with van der Waals surface area (Å²) in [7, 11) is 3.19. The van der Waals surface area contributed by atoms with E-state index >= 15 is 0 Å². The molecule has 2 N–H and O–H groups in total. The lowest BCUT2D eigenvalue weighted by Crippen LogP contribution is -2.18. The van der Waals surface area contributed by atoms with Crippen LogP contribution in [0.5, 0.6) is 5.75 Å². The zero-order valence-corrected chi connectivity index (χ0v) is 11.4. The number of hydrogen-bond donors (Lipinski definition) is 1. The lowest BCUT2D eigenvalue weighted by atomic mass is 10.2. The first-order chi connectivity index (χ1) is 9.51. The van der Waals surface area contributed by atoms with Crippen molar-refractivity contribution in [1.82, 2.24) is 0 Å². The van der Waals surface area contributed by atoms with Gasteiger partial charge in [-0.15, -0.1) is 0 Å². The fourth-order valence-electron chi connectivity index (χ4n) is 2.04. The van der Waals surface area contributed by atoms with Gasteiger partial charge in [0.25, 0.3) is 0 Å². The molecule has 0 atom stereocenters. The first kappa shape index (κ1) is 14.1. The summed E-state index contributed by atoms with van der Waals surface area (Å²) in [6.07, 6.45) is 0. The van der Waals surface area contributed by atoms with E-state index in [1.54, 1.807) is 13.1 Å². The van der Waals surface area contributed by atoms with E-state index < -0.39 is 5.82 Å². The Kier molecular flexibility index (Phi) is 4.08. The van der Waals surface area contributed by atoms with Crippen LogP contribution in [0.4, 0.5) is 20.2 Å². The van der Waals surface area contributed by atoms with Crippen molar-refractivity contribution in [3.63, 3.8) is 0 Å². The van der Waals surface area contributed by atoms with Crippen molar-refractivity contribution in [2.24, 2.45) is 0 Å². The third kappa shape index (κ3) is 2.99. The predicted molar refractivity (Wildman–Crippen MR) is 75.9 cm³/mol. The summed E-state index contributed by atoms with van der Waals surface area (Å²) >= 11 is 0. The number of anilines is 2. The summed E-state index contributed by atoms with van der Waals surface area (Å²) < 4.78 is 31.6. The molecule has 0 heterocycles. The number of halogens is 2. The summed E-state index contributed by atoms with van der Waals surface area (Å²) in [5.74, 6) is -0.672. The van der Waals surface area contributed by atoms with E-state index in [0.29, 0.717) is 17.9 Å². The number of nitrogen functional groups attached to an aromatic ring is 1. The molecule has 0 amide bonds. The Balaban J connectivity index is 2.27. The zero-order valence-electron chi connectivity index (χ0n) is 11.4. The molecule has 0 bridgehead atoms. The molecule has 20 heavy (non-hydrogen) atoms. The van der Waals surface area contributed by atoms with Crippen LogP contribution < -0.4 is 15.4 Å². The highest BCUT2D eigenvalue weighted by atomic mass is 19.1. The van der Waals surface area contributed by atoms with Gasteiger partial charge >= 0.3 is 0 Å². The minimum Gasteiger partial charge on any atom is -0.494 e. The molecule has 0 aliphatic carbocycles.